The van der Waals surface area contributed by atoms with Crippen LogP contribution in [0.4, 0.5) is 4.39 Å². The zero-order valence-electron chi connectivity index (χ0n) is 10.7. The van der Waals surface area contributed by atoms with Gasteiger partial charge in [0, 0.05) is 6.07 Å². The molecule has 0 spiro atoms. The third-order valence-corrected chi connectivity index (χ3v) is 4.39. The predicted octanol–water partition coefficient (Wildman–Crippen LogP) is 4.36. The van der Waals surface area contributed by atoms with Crippen molar-refractivity contribution < 1.29 is 4.39 Å². The highest BCUT2D eigenvalue weighted by atomic mass is 127. The second-order valence-electron chi connectivity index (χ2n) is 4.61. The molecule has 0 radical (unpaired) electrons. The van der Waals surface area contributed by atoms with Gasteiger partial charge in [0.15, 0.2) is 4.77 Å². The monoisotopic (exact) mass is 409 g/mol. The molecular weight excluding hydrogens is 400 g/mol. The van der Waals surface area contributed by atoms with Crippen LogP contribution in [0.1, 0.15) is 11.1 Å². The summed E-state index contributed by atoms with van der Waals surface area (Å²) in [5.41, 5.74) is 3.17. The van der Waals surface area contributed by atoms with Crippen molar-refractivity contribution in [3.8, 4) is 6.07 Å². The molecule has 6 heteroatoms. The van der Waals surface area contributed by atoms with Gasteiger partial charge in [0.2, 0.25) is 0 Å². The lowest BCUT2D eigenvalue weighted by molar-refractivity contribution is 0.621. The zero-order valence-corrected chi connectivity index (χ0v) is 13.7. The molecule has 3 nitrogen and oxygen atoms in total. The fourth-order valence-corrected chi connectivity index (χ4v) is 2.92. The number of aromatic nitrogens is 2. The molecule has 1 N–H and O–H groups in total. The summed E-state index contributed by atoms with van der Waals surface area (Å²) in [7, 11) is 0. The molecule has 0 saturated heterocycles. The van der Waals surface area contributed by atoms with E-state index in [1.165, 1.54) is 6.07 Å². The predicted molar refractivity (Wildman–Crippen MR) is 90.1 cm³/mol. The number of rotatable bonds is 2. The Kier molecular flexibility index (Phi) is 3.78. The Bertz CT molecular complexity index is 919. The number of aromatic amines is 1. The molecule has 21 heavy (non-hydrogen) atoms. The highest BCUT2D eigenvalue weighted by Crippen LogP contribution is 2.21. The van der Waals surface area contributed by atoms with Gasteiger partial charge in [-0.3, -0.25) is 0 Å². The molecule has 0 aliphatic carbocycles. The van der Waals surface area contributed by atoms with Crippen molar-refractivity contribution >= 4 is 45.8 Å². The number of benzene rings is 2. The fraction of sp³-hybridized carbons (Fsp3) is 0.0667. The number of nitrogens with one attached hydrogen (secondary N) is 1. The Morgan fingerprint density at radius 3 is 2.67 bits per heavy atom. The summed E-state index contributed by atoms with van der Waals surface area (Å²) in [5, 5.41) is 8.81. The summed E-state index contributed by atoms with van der Waals surface area (Å²) in [6.07, 6.45) is 0. The van der Waals surface area contributed by atoms with Gasteiger partial charge in [-0.05, 0) is 58.6 Å². The molecule has 3 aromatic rings. The molecule has 1 heterocycles. The molecule has 104 valence electrons. The second-order valence-corrected chi connectivity index (χ2v) is 6.16. The summed E-state index contributed by atoms with van der Waals surface area (Å²) < 4.78 is 16.7. The maximum atomic E-state index is 13.8. The lowest BCUT2D eigenvalue weighted by Gasteiger charge is -2.05. The van der Waals surface area contributed by atoms with E-state index in [1.807, 2.05) is 39.3 Å². The van der Waals surface area contributed by atoms with E-state index in [2.05, 4.69) is 11.1 Å². The number of nitriles is 1. The zero-order chi connectivity index (χ0) is 15.0. The quantitative estimate of drug-likeness (QED) is 0.505. The van der Waals surface area contributed by atoms with Crippen LogP contribution in [0.25, 0.3) is 11.0 Å². The number of hydrogen-bond donors (Lipinski definition) is 1. The molecule has 0 aliphatic rings. The largest absolute Gasteiger partial charge is 0.331 e. The van der Waals surface area contributed by atoms with E-state index in [9.17, 15) is 4.39 Å². The lowest BCUT2D eigenvalue weighted by Crippen LogP contribution is -2.00. The molecule has 0 fully saturated rings. The van der Waals surface area contributed by atoms with Crippen molar-refractivity contribution in [3.05, 3.63) is 61.7 Å². The number of halogens is 2. The van der Waals surface area contributed by atoms with Crippen LogP contribution in [0.15, 0.2) is 36.4 Å². The minimum absolute atomic E-state index is 0.259. The third kappa shape index (κ3) is 2.71. The maximum absolute atomic E-state index is 13.8. The molecule has 2 aromatic carbocycles. The summed E-state index contributed by atoms with van der Waals surface area (Å²) in [6.45, 7) is 0.532. The number of fused-ring (bicyclic) bond motifs is 1. The van der Waals surface area contributed by atoms with Gasteiger partial charge < -0.3 is 9.55 Å². The summed E-state index contributed by atoms with van der Waals surface area (Å²) >= 11 is 7.27. The Morgan fingerprint density at radius 1 is 1.29 bits per heavy atom. The lowest BCUT2D eigenvalue weighted by atomic mass is 10.1. The molecule has 0 atom stereocenters. The van der Waals surface area contributed by atoms with Crippen LogP contribution in [0.5, 0.6) is 0 Å². The SMILES string of the molecule is N#Cc1ccc(Cn2c(=S)[nH]c3cc(I)c(F)cc32)cc1. The number of imidazole rings is 1. The Labute approximate surface area is 139 Å². The molecular formula is C15H9FIN3S. The van der Waals surface area contributed by atoms with E-state index in [0.717, 1.165) is 16.6 Å². The third-order valence-electron chi connectivity index (χ3n) is 3.24. The van der Waals surface area contributed by atoms with Gasteiger partial charge in [-0.1, -0.05) is 12.1 Å². The van der Waals surface area contributed by atoms with Crippen LogP contribution >= 0.6 is 34.8 Å². The standard InChI is InChI=1S/C15H9FIN3S/c16-11-5-14-13(6-12(11)17)19-15(21)20(14)8-10-3-1-9(7-18)2-4-10/h1-6H,8H2,(H,19,21). The smallest absolute Gasteiger partial charge is 0.178 e. The molecule has 0 amide bonds. The van der Waals surface area contributed by atoms with Crippen molar-refractivity contribution in [1.82, 2.24) is 9.55 Å². The summed E-state index contributed by atoms with van der Waals surface area (Å²) in [6, 6.07) is 12.6. The first-order chi connectivity index (χ1) is 10.1. The van der Waals surface area contributed by atoms with Gasteiger partial charge in [0.05, 0.1) is 32.8 Å². The topological polar surface area (TPSA) is 44.5 Å². The van der Waals surface area contributed by atoms with Gasteiger partial charge in [0.25, 0.3) is 0 Å². The van der Waals surface area contributed by atoms with E-state index < -0.39 is 0 Å². The molecule has 0 unspecified atom stereocenters. The number of hydrogen-bond acceptors (Lipinski definition) is 2. The van der Waals surface area contributed by atoms with E-state index in [-0.39, 0.29) is 5.82 Å². The molecule has 0 bridgehead atoms. The van der Waals surface area contributed by atoms with Crippen molar-refractivity contribution in [3.63, 3.8) is 0 Å². The Morgan fingerprint density at radius 2 is 2.00 bits per heavy atom. The van der Waals surface area contributed by atoms with Crippen LogP contribution in [0.2, 0.25) is 0 Å². The number of H-pyrrole nitrogens is 1. The van der Waals surface area contributed by atoms with Gasteiger partial charge in [-0.15, -0.1) is 0 Å². The van der Waals surface area contributed by atoms with E-state index in [0.29, 0.717) is 20.4 Å². The van der Waals surface area contributed by atoms with Crippen molar-refractivity contribution in [2.45, 2.75) is 6.54 Å². The fourth-order valence-electron chi connectivity index (χ4n) is 2.18. The second kappa shape index (κ2) is 5.58. The highest BCUT2D eigenvalue weighted by Gasteiger charge is 2.09. The minimum atomic E-state index is -0.259. The van der Waals surface area contributed by atoms with Gasteiger partial charge in [-0.2, -0.15) is 5.26 Å². The van der Waals surface area contributed by atoms with E-state index in [4.69, 9.17) is 17.5 Å². The first kappa shape index (κ1) is 14.2. The van der Waals surface area contributed by atoms with Crippen molar-refractivity contribution in [2.24, 2.45) is 0 Å². The highest BCUT2D eigenvalue weighted by molar-refractivity contribution is 14.1. The average Bonchev–Trinajstić information content (AvgIpc) is 2.76. The Hall–Kier alpha value is -1.72. The van der Waals surface area contributed by atoms with E-state index >= 15 is 0 Å². The molecule has 0 saturated carbocycles. The number of nitrogens with zero attached hydrogens (tertiary/aromatic N) is 2. The van der Waals surface area contributed by atoms with Crippen molar-refractivity contribution in [1.29, 1.82) is 5.26 Å². The first-order valence-electron chi connectivity index (χ1n) is 6.15. The minimum Gasteiger partial charge on any atom is -0.331 e. The Balaban J connectivity index is 2.07. The summed E-state index contributed by atoms with van der Waals surface area (Å²) in [4.78, 5) is 3.09. The first-order valence-corrected chi connectivity index (χ1v) is 7.64. The summed E-state index contributed by atoms with van der Waals surface area (Å²) in [5.74, 6) is -0.259. The average molecular weight is 409 g/mol. The van der Waals surface area contributed by atoms with Crippen LogP contribution in [0.3, 0.4) is 0 Å². The van der Waals surface area contributed by atoms with Crippen LogP contribution < -0.4 is 0 Å². The van der Waals surface area contributed by atoms with Crippen molar-refractivity contribution in [2.75, 3.05) is 0 Å². The normalized spacial score (nSPS) is 10.7. The van der Waals surface area contributed by atoms with Crippen LogP contribution in [-0.4, -0.2) is 9.55 Å². The molecule has 1 aromatic heterocycles. The molecule has 0 aliphatic heterocycles. The maximum Gasteiger partial charge on any atom is 0.178 e. The van der Waals surface area contributed by atoms with Gasteiger partial charge >= 0.3 is 0 Å². The van der Waals surface area contributed by atoms with Gasteiger partial charge in [-0.25, -0.2) is 4.39 Å². The van der Waals surface area contributed by atoms with Gasteiger partial charge in [0.1, 0.15) is 5.82 Å². The van der Waals surface area contributed by atoms with E-state index in [1.54, 1.807) is 18.2 Å². The molecule has 3 rings (SSSR count). The van der Waals surface area contributed by atoms with Crippen LogP contribution in [-0.2, 0) is 6.54 Å². The van der Waals surface area contributed by atoms with Crippen LogP contribution in [0, 0.1) is 25.5 Å².